The van der Waals surface area contributed by atoms with Crippen LogP contribution in [0.25, 0.3) is 5.65 Å². The molecule has 23 heavy (non-hydrogen) atoms. The van der Waals surface area contributed by atoms with Gasteiger partial charge < -0.3 is 10.1 Å². The van der Waals surface area contributed by atoms with Crippen molar-refractivity contribution < 1.29 is 9.53 Å². The number of amides is 1. The van der Waals surface area contributed by atoms with Crippen LogP contribution in [0.15, 0.2) is 48.8 Å². The monoisotopic (exact) mass is 310 g/mol. The summed E-state index contributed by atoms with van der Waals surface area (Å²) in [5, 5.41) is 6.99. The minimum Gasteiger partial charge on any atom is -0.375 e. The zero-order valence-corrected chi connectivity index (χ0v) is 12.9. The van der Waals surface area contributed by atoms with E-state index in [0.717, 1.165) is 16.9 Å². The number of nitrogens with zero attached hydrogens (tertiary/aromatic N) is 3. The van der Waals surface area contributed by atoms with Gasteiger partial charge in [0.05, 0.1) is 30.7 Å². The highest BCUT2D eigenvalue weighted by molar-refractivity contribution is 5.95. The fraction of sp³-hybridized carbons (Fsp3) is 0.235. The first-order valence-corrected chi connectivity index (χ1v) is 7.45. The first-order chi connectivity index (χ1) is 11.3. The molecule has 0 aliphatic rings. The number of hydrogen-bond donors (Lipinski definition) is 1. The summed E-state index contributed by atoms with van der Waals surface area (Å²) in [4.78, 5) is 16.4. The fourth-order valence-electron chi connectivity index (χ4n) is 2.31. The molecule has 2 heterocycles. The Kier molecular flexibility index (Phi) is 4.63. The third kappa shape index (κ3) is 3.54. The van der Waals surface area contributed by atoms with Crippen LogP contribution in [0.5, 0.6) is 0 Å². The lowest BCUT2D eigenvalue weighted by molar-refractivity contribution is 0.0899. The predicted octanol–water partition coefficient (Wildman–Crippen LogP) is 1.98. The maximum atomic E-state index is 12.2. The normalized spacial score (nSPS) is 10.8. The van der Waals surface area contributed by atoms with Crippen molar-refractivity contribution in [3.63, 3.8) is 0 Å². The summed E-state index contributed by atoms with van der Waals surface area (Å²) in [6.07, 6.45) is 3.24. The van der Waals surface area contributed by atoms with Crippen molar-refractivity contribution in [2.75, 3.05) is 13.2 Å². The molecule has 0 fully saturated rings. The highest BCUT2D eigenvalue weighted by Crippen LogP contribution is 2.08. The molecule has 0 aliphatic heterocycles. The van der Waals surface area contributed by atoms with E-state index >= 15 is 0 Å². The lowest BCUT2D eigenvalue weighted by Gasteiger charge is -2.09. The Morgan fingerprint density at radius 1 is 1.26 bits per heavy atom. The van der Waals surface area contributed by atoms with E-state index in [1.807, 2.05) is 37.3 Å². The van der Waals surface area contributed by atoms with Gasteiger partial charge in [-0.15, -0.1) is 0 Å². The molecule has 0 aliphatic carbocycles. The zero-order chi connectivity index (χ0) is 16.1. The molecule has 1 amide bonds. The van der Waals surface area contributed by atoms with Crippen molar-refractivity contribution in [2.24, 2.45) is 0 Å². The molecule has 0 saturated heterocycles. The summed E-state index contributed by atoms with van der Waals surface area (Å²) >= 11 is 0. The molecule has 0 bridgehead atoms. The molecule has 2 aromatic heterocycles. The van der Waals surface area contributed by atoms with Crippen LogP contribution in [0.4, 0.5) is 0 Å². The lowest BCUT2D eigenvalue weighted by Crippen LogP contribution is -2.28. The Morgan fingerprint density at radius 2 is 2.09 bits per heavy atom. The van der Waals surface area contributed by atoms with Gasteiger partial charge >= 0.3 is 0 Å². The van der Waals surface area contributed by atoms with Gasteiger partial charge in [0, 0.05) is 18.8 Å². The van der Waals surface area contributed by atoms with Gasteiger partial charge in [0.2, 0.25) is 0 Å². The van der Waals surface area contributed by atoms with Gasteiger partial charge in [-0.25, -0.2) is 9.50 Å². The van der Waals surface area contributed by atoms with E-state index in [0.29, 0.717) is 25.3 Å². The number of hydrogen-bond acceptors (Lipinski definition) is 4. The summed E-state index contributed by atoms with van der Waals surface area (Å²) in [5.74, 6) is -0.171. The lowest BCUT2D eigenvalue weighted by atomic mass is 10.2. The van der Waals surface area contributed by atoms with Gasteiger partial charge in [-0.1, -0.05) is 30.3 Å². The number of fused-ring (bicyclic) bond motifs is 1. The van der Waals surface area contributed by atoms with E-state index in [1.54, 1.807) is 23.0 Å². The number of aryl methyl sites for hydroxylation is 1. The number of carbonyl (C=O) groups is 1. The second-order valence-corrected chi connectivity index (χ2v) is 5.15. The first kappa shape index (κ1) is 15.2. The maximum Gasteiger partial charge on any atom is 0.254 e. The van der Waals surface area contributed by atoms with Crippen molar-refractivity contribution in [3.05, 3.63) is 65.6 Å². The molecule has 0 atom stereocenters. The molecular formula is C17H18N4O2. The third-order valence-corrected chi connectivity index (χ3v) is 3.54. The van der Waals surface area contributed by atoms with Gasteiger partial charge in [0.25, 0.3) is 5.91 Å². The second-order valence-electron chi connectivity index (χ2n) is 5.15. The van der Waals surface area contributed by atoms with Gasteiger partial charge in [-0.05, 0) is 12.5 Å². The van der Waals surface area contributed by atoms with E-state index in [-0.39, 0.29) is 5.91 Å². The number of rotatable bonds is 6. The van der Waals surface area contributed by atoms with Crippen LogP contribution in [-0.4, -0.2) is 33.7 Å². The molecule has 6 nitrogen and oxygen atoms in total. The second kappa shape index (κ2) is 7.02. The molecule has 0 saturated carbocycles. The molecule has 6 heteroatoms. The van der Waals surface area contributed by atoms with E-state index in [4.69, 9.17) is 4.74 Å². The number of ether oxygens (including phenoxy) is 1. The Labute approximate surface area is 134 Å². The summed E-state index contributed by atoms with van der Waals surface area (Å²) in [6, 6.07) is 11.7. The van der Waals surface area contributed by atoms with Gasteiger partial charge in [0.1, 0.15) is 0 Å². The van der Waals surface area contributed by atoms with E-state index < -0.39 is 0 Å². The molecule has 1 aromatic carbocycles. The molecule has 1 N–H and O–H groups in total. The summed E-state index contributed by atoms with van der Waals surface area (Å²) in [7, 11) is 0. The highest BCUT2D eigenvalue weighted by atomic mass is 16.5. The number of aromatic nitrogens is 3. The van der Waals surface area contributed by atoms with Crippen LogP contribution in [0.2, 0.25) is 0 Å². The summed E-state index contributed by atoms with van der Waals surface area (Å²) < 4.78 is 7.20. The van der Waals surface area contributed by atoms with Gasteiger partial charge in [0.15, 0.2) is 5.65 Å². The number of benzene rings is 1. The van der Waals surface area contributed by atoms with E-state index in [9.17, 15) is 4.79 Å². The molecule has 3 rings (SSSR count). The Hall–Kier alpha value is -2.73. The molecule has 118 valence electrons. The zero-order valence-electron chi connectivity index (χ0n) is 12.9. The maximum absolute atomic E-state index is 12.2. The molecule has 3 aromatic rings. The minimum atomic E-state index is -0.171. The topological polar surface area (TPSA) is 68.5 Å². The minimum absolute atomic E-state index is 0.171. The van der Waals surface area contributed by atoms with Crippen molar-refractivity contribution in [1.29, 1.82) is 0 Å². The van der Waals surface area contributed by atoms with Crippen molar-refractivity contribution in [3.8, 4) is 0 Å². The molecule has 0 radical (unpaired) electrons. The SMILES string of the molecule is Cc1c(C(=O)NCCOCc2ccccc2)cnc2ccnn12. The van der Waals surface area contributed by atoms with Gasteiger partial charge in [-0.3, -0.25) is 4.79 Å². The Balaban J connectivity index is 1.50. The Bertz CT molecular complexity index is 799. The number of carbonyl (C=O) groups excluding carboxylic acids is 1. The highest BCUT2D eigenvalue weighted by Gasteiger charge is 2.12. The van der Waals surface area contributed by atoms with E-state index in [2.05, 4.69) is 15.4 Å². The van der Waals surface area contributed by atoms with Crippen LogP contribution < -0.4 is 5.32 Å². The first-order valence-electron chi connectivity index (χ1n) is 7.45. The summed E-state index contributed by atoms with van der Waals surface area (Å²) in [5.41, 5.74) is 3.13. The van der Waals surface area contributed by atoms with E-state index in [1.165, 1.54) is 0 Å². The third-order valence-electron chi connectivity index (χ3n) is 3.54. The largest absolute Gasteiger partial charge is 0.375 e. The standard InChI is InChI=1S/C17H18N4O2/c1-13-15(11-19-16-7-8-20-21(13)16)17(22)18-9-10-23-12-14-5-3-2-4-6-14/h2-8,11H,9-10,12H2,1H3,(H,18,22). The van der Waals surface area contributed by atoms with Crippen LogP contribution in [0.1, 0.15) is 21.6 Å². The van der Waals surface area contributed by atoms with Crippen LogP contribution in [0, 0.1) is 6.92 Å². The van der Waals surface area contributed by atoms with Crippen molar-refractivity contribution in [1.82, 2.24) is 19.9 Å². The molecule has 0 spiro atoms. The van der Waals surface area contributed by atoms with Gasteiger partial charge in [-0.2, -0.15) is 5.10 Å². The van der Waals surface area contributed by atoms with Crippen molar-refractivity contribution >= 4 is 11.6 Å². The predicted molar refractivity (Wildman–Crippen MR) is 86.2 cm³/mol. The van der Waals surface area contributed by atoms with Crippen LogP contribution in [-0.2, 0) is 11.3 Å². The average molecular weight is 310 g/mol. The van der Waals surface area contributed by atoms with Crippen LogP contribution >= 0.6 is 0 Å². The molecule has 0 unspecified atom stereocenters. The number of nitrogens with one attached hydrogen (secondary N) is 1. The quantitative estimate of drug-likeness (QED) is 0.707. The van der Waals surface area contributed by atoms with Crippen molar-refractivity contribution in [2.45, 2.75) is 13.5 Å². The molecular weight excluding hydrogens is 292 g/mol. The fourth-order valence-corrected chi connectivity index (χ4v) is 2.31. The smallest absolute Gasteiger partial charge is 0.254 e. The summed E-state index contributed by atoms with van der Waals surface area (Å²) in [6.45, 7) is 3.29. The average Bonchev–Trinajstić information content (AvgIpc) is 3.05. The Morgan fingerprint density at radius 3 is 2.91 bits per heavy atom. The van der Waals surface area contributed by atoms with Crippen LogP contribution in [0.3, 0.4) is 0 Å².